The number of hydrogen-bond acceptors (Lipinski definition) is 7. The van der Waals surface area contributed by atoms with Crippen LogP contribution in [0.5, 0.6) is 17.2 Å². The van der Waals surface area contributed by atoms with E-state index in [0.717, 1.165) is 12.8 Å². The number of anilines is 1. The topological polar surface area (TPSA) is 113 Å². The third-order valence-electron chi connectivity index (χ3n) is 6.18. The Morgan fingerprint density at radius 1 is 1.22 bits per heavy atom. The normalized spacial score (nSPS) is 22.7. The number of amidine groups is 1. The number of benzene rings is 2. The number of carbonyl (C=O) groups is 2. The first-order valence-electron chi connectivity index (χ1n) is 10.2. The summed E-state index contributed by atoms with van der Waals surface area (Å²) >= 11 is 6.61. The summed E-state index contributed by atoms with van der Waals surface area (Å²) in [5, 5.41) is 4.17. The summed E-state index contributed by atoms with van der Waals surface area (Å²) in [6, 6.07) is 8.79. The summed E-state index contributed by atoms with van der Waals surface area (Å²) in [5.41, 5.74) is 6.74. The maximum atomic E-state index is 13.9. The zero-order valence-corrected chi connectivity index (χ0v) is 17.6. The highest BCUT2D eigenvalue weighted by atomic mass is 35.5. The quantitative estimate of drug-likeness (QED) is 0.326. The molecule has 1 fully saturated rings. The minimum absolute atomic E-state index is 0.000140. The van der Waals surface area contributed by atoms with E-state index in [1.807, 2.05) is 0 Å². The number of halogens is 1. The third-order valence-corrected chi connectivity index (χ3v) is 6.50. The zero-order valence-electron chi connectivity index (χ0n) is 16.8. The van der Waals surface area contributed by atoms with Crippen LogP contribution in [-0.2, 0) is 19.8 Å². The van der Waals surface area contributed by atoms with Gasteiger partial charge in [0.15, 0.2) is 17.3 Å². The summed E-state index contributed by atoms with van der Waals surface area (Å²) in [6.07, 6.45) is 1.59. The first-order chi connectivity index (χ1) is 15.5. The fraction of sp³-hybridized carbons (Fsp3) is 0.318. The fourth-order valence-corrected chi connectivity index (χ4v) is 4.81. The molecule has 3 heterocycles. The molecule has 2 aromatic carbocycles. The van der Waals surface area contributed by atoms with Crippen LogP contribution in [0.1, 0.15) is 24.0 Å². The Bertz CT molecular complexity index is 1210. The van der Waals surface area contributed by atoms with Gasteiger partial charge < -0.3 is 29.7 Å². The maximum absolute atomic E-state index is 13.9. The third kappa shape index (κ3) is 2.67. The van der Waals surface area contributed by atoms with Gasteiger partial charge in [-0.3, -0.25) is 4.79 Å². The van der Waals surface area contributed by atoms with Crippen molar-refractivity contribution in [2.75, 3.05) is 24.8 Å². The van der Waals surface area contributed by atoms with Crippen molar-refractivity contribution in [1.82, 2.24) is 0 Å². The Kier molecular flexibility index (Phi) is 4.07. The molecular weight excluding hydrogens is 438 g/mol. The number of nitrogens with two attached hydrogens (primary N) is 1. The summed E-state index contributed by atoms with van der Waals surface area (Å²) in [4.78, 5) is 32.1. The molecule has 1 aliphatic carbocycles. The van der Waals surface area contributed by atoms with Crippen molar-refractivity contribution in [3.63, 3.8) is 0 Å². The number of rotatable bonds is 4. The number of amides is 1. The molecule has 1 spiro atoms. The molecule has 1 unspecified atom stereocenters. The summed E-state index contributed by atoms with van der Waals surface area (Å²) in [7, 11) is 0. The predicted octanol–water partition coefficient (Wildman–Crippen LogP) is 2.32. The second kappa shape index (κ2) is 6.77. The van der Waals surface area contributed by atoms with Crippen molar-refractivity contribution in [3.8, 4) is 17.2 Å². The van der Waals surface area contributed by atoms with Gasteiger partial charge in [0.2, 0.25) is 12.7 Å². The molecule has 0 radical (unpaired) electrons. The van der Waals surface area contributed by atoms with Crippen LogP contribution in [0.4, 0.5) is 5.69 Å². The van der Waals surface area contributed by atoms with Crippen LogP contribution in [0.3, 0.4) is 0 Å². The van der Waals surface area contributed by atoms with Crippen LogP contribution in [0.25, 0.3) is 0 Å². The number of ether oxygens (including phenoxy) is 3. The molecule has 2 aromatic rings. The molecule has 164 valence electrons. The molecule has 2 N–H and O–H groups in total. The van der Waals surface area contributed by atoms with E-state index in [-0.39, 0.29) is 37.6 Å². The Morgan fingerprint density at radius 3 is 2.78 bits per heavy atom. The smallest absolute Gasteiger partial charge is 0.338 e. The second-order valence-electron chi connectivity index (χ2n) is 8.19. The molecule has 0 saturated heterocycles. The van der Waals surface area contributed by atoms with Gasteiger partial charge in [-0.25, -0.2) is 4.79 Å². The van der Waals surface area contributed by atoms with Gasteiger partial charge in [-0.1, -0.05) is 22.8 Å². The molecule has 0 bridgehead atoms. The van der Waals surface area contributed by atoms with Gasteiger partial charge in [-0.2, -0.15) is 0 Å². The van der Waals surface area contributed by atoms with Gasteiger partial charge in [0.05, 0.1) is 18.2 Å². The molecule has 3 aliphatic heterocycles. The van der Waals surface area contributed by atoms with E-state index < -0.39 is 11.4 Å². The predicted molar refractivity (Wildman–Crippen MR) is 113 cm³/mol. The SMILES string of the molecule is N/C(CN1C(=O)C2(COc3cc4c(cc32)OCO4)c2c(Cl)cccc21)=N\OC(=O)C1CC1. The highest BCUT2D eigenvalue weighted by molar-refractivity contribution is 6.33. The van der Waals surface area contributed by atoms with E-state index in [2.05, 4.69) is 5.16 Å². The number of hydrogen-bond donors (Lipinski definition) is 1. The Labute approximate surface area is 187 Å². The average molecular weight is 456 g/mol. The average Bonchev–Trinajstić information content (AvgIpc) is 3.36. The molecule has 1 amide bonds. The molecule has 9 nitrogen and oxygen atoms in total. The van der Waals surface area contributed by atoms with Gasteiger partial charge in [0.1, 0.15) is 17.8 Å². The Morgan fingerprint density at radius 2 is 2.00 bits per heavy atom. The molecule has 1 saturated carbocycles. The molecule has 32 heavy (non-hydrogen) atoms. The van der Waals surface area contributed by atoms with Gasteiger partial charge >= 0.3 is 5.97 Å². The number of oxime groups is 1. The van der Waals surface area contributed by atoms with Crippen molar-refractivity contribution in [2.45, 2.75) is 18.3 Å². The van der Waals surface area contributed by atoms with E-state index >= 15 is 0 Å². The van der Waals surface area contributed by atoms with E-state index in [1.165, 1.54) is 4.90 Å². The van der Waals surface area contributed by atoms with Crippen LogP contribution in [0.15, 0.2) is 35.5 Å². The van der Waals surface area contributed by atoms with Gasteiger partial charge in [-0.05, 0) is 31.0 Å². The highest BCUT2D eigenvalue weighted by Gasteiger charge is 2.58. The standard InChI is InChI=1S/C22H18ClN3O6/c23-13-2-1-3-14-19(13)22(9-29-15-7-17-16(6-12(15)22)30-10-31-17)21(28)26(14)8-18(24)25-32-20(27)11-4-5-11/h1-3,6-7,11H,4-5,8-10H2,(H2,24,25). The molecule has 6 rings (SSSR count). The minimum Gasteiger partial charge on any atom is -0.491 e. The zero-order chi connectivity index (χ0) is 22.0. The van der Waals surface area contributed by atoms with E-state index in [9.17, 15) is 9.59 Å². The highest BCUT2D eigenvalue weighted by Crippen LogP contribution is 2.56. The van der Waals surface area contributed by atoms with Crippen molar-refractivity contribution >= 4 is 35.0 Å². The van der Waals surface area contributed by atoms with E-state index in [4.69, 9.17) is 36.4 Å². The lowest BCUT2D eigenvalue weighted by Crippen LogP contribution is -2.45. The van der Waals surface area contributed by atoms with Crippen LogP contribution in [0.2, 0.25) is 5.02 Å². The van der Waals surface area contributed by atoms with Gasteiger partial charge in [-0.15, -0.1) is 0 Å². The number of nitrogens with zero attached hydrogens (tertiary/aromatic N) is 2. The first kappa shape index (κ1) is 19.2. The van der Waals surface area contributed by atoms with Gasteiger partial charge in [0, 0.05) is 22.2 Å². The Balaban J connectivity index is 1.40. The monoisotopic (exact) mass is 455 g/mol. The largest absolute Gasteiger partial charge is 0.491 e. The maximum Gasteiger partial charge on any atom is 0.338 e. The summed E-state index contributed by atoms with van der Waals surface area (Å²) in [6.45, 7) is 0.117. The van der Waals surface area contributed by atoms with E-state index in [0.29, 0.717) is 39.1 Å². The van der Waals surface area contributed by atoms with E-state index in [1.54, 1.807) is 30.3 Å². The molecule has 10 heteroatoms. The molecular formula is C22H18ClN3O6. The van der Waals surface area contributed by atoms with Crippen molar-refractivity contribution in [1.29, 1.82) is 0 Å². The fourth-order valence-electron chi connectivity index (χ4n) is 4.48. The molecule has 1 atom stereocenters. The second-order valence-corrected chi connectivity index (χ2v) is 8.60. The summed E-state index contributed by atoms with van der Waals surface area (Å²) in [5.74, 6) is 0.871. The molecule has 4 aliphatic rings. The molecule has 0 aromatic heterocycles. The lowest BCUT2D eigenvalue weighted by atomic mass is 9.77. The lowest BCUT2D eigenvalue weighted by molar-refractivity contribution is -0.145. The number of fused-ring (bicyclic) bond motifs is 5. The van der Waals surface area contributed by atoms with Crippen molar-refractivity contribution in [2.24, 2.45) is 16.8 Å². The Hall–Kier alpha value is -3.46. The van der Waals surface area contributed by atoms with Crippen LogP contribution < -0.4 is 24.8 Å². The van der Waals surface area contributed by atoms with Crippen LogP contribution in [0, 0.1) is 5.92 Å². The van der Waals surface area contributed by atoms with Crippen molar-refractivity contribution < 1.29 is 28.6 Å². The summed E-state index contributed by atoms with van der Waals surface area (Å²) < 4.78 is 16.9. The number of carbonyl (C=O) groups excluding carboxylic acids is 2. The minimum atomic E-state index is -1.16. The van der Waals surface area contributed by atoms with Crippen LogP contribution in [-0.4, -0.2) is 37.7 Å². The lowest BCUT2D eigenvalue weighted by Gasteiger charge is -2.23. The first-order valence-corrected chi connectivity index (χ1v) is 10.6. The van der Waals surface area contributed by atoms with Crippen molar-refractivity contribution in [3.05, 3.63) is 46.5 Å². The van der Waals surface area contributed by atoms with Crippen LogP contribution >= 0.6 is 11.6 Å². The van der Waals surface area contributed by atoms with Gasteiger partial charge in [0.25, 0.3) is 0 Å².